The van der Waals surface area contributed by atoms with Crippen molar-refractivity contribution < 1.29 is 9.59 Å². The van der Waals surface area contributed by atoms with Crippen LogP contribution in [0, 0.1) is 12.8 Å². The summed E-state index contributed by atoms with van der Waals surface area (Å²) >= 11 is 0. The largest absolute Gasteiger partial charge is 0.353 e. The number of benzene rings is 1. The van der Waals surface area contributed by atoms with Gasteiger partial charge in [-0.1, -0.05) is 32.0 Å². The molecule has 0 radical (unpaired) electrons. The lowest BCUT2D eigenvalue weighted by molar-refractivity contribution is -0.126. The molecular formula is C18H26N2O2. The standard InChI is InChI=1S/C18H26N2O2/c1-5-13(4)19-18(22)15-10-16(21)20(11-15)17-12(3)8-7-9-14(17)6-2/h7-9,13,15H,5-6,10-11H2,1-4H3,(H,19,22). The number of carbonyl (C=O) groups excluding carboxylic acids is 2. The smallest absolute Gasteiger partial charge is 0.227 e. The molecule has 1 N–H and O–H groups in total. The Balaban J connectivity index is 2.18. The van der Waals surface area contributed by atoms with Gasteiger partial charge in [-0.3, -0.25) is 9.59 Å². The van der Waals surface area contributed by atoms with E-state index in [0.29, 0.717) is 13.0 Å². The molecule has 1 heterocycles. The summed E-state index contributed by atoms with van der Waals surface area (Å²) < 4.78 is 0. The maximum atomic E-state index is 12.4. The van der Waals surface area contributed by atoms with Gasteiger partial charge in [0.05, 0.1) is 5.92 Å². The monoisotopic (exact) mass is 302 g/mol. The summed E-state index contributed by atoms with van der Waals surface area (Å²) in [6.07, 6.45) is 2.08. The summed E-state index contributed by atoms with van der Waals surface area (Å²) in [6, 6.07) is 6.25. The van der Waals surface area contributed by atoms with Gasteiger partial charge in [-0.05, 0) is 37.8 Å². The number of hydrogen-bond donors (Lipinski definition) is 1. The fourth-order valence-corrected chi connectivity index (χ4v) is 2.95. The van der Waals surface area contributed by atoms with E-state index >= 15 is 0 Å². The molecular weight excluding hydrogens is 276 g/mol. The summed E-state index contributed by atoms with van der Waals surface area (Å²) in [5, 5.41) is 2.99. The van der Waals surface area contributed by atoms with E-state index in [4.69, 9.17) is 0 Å². The van der Waals surface area contributed by atoms with Crippen LogP contribution < -0.4 is 10.2 Å². The Morgan fingerprint density at radius 1 is 1.41 bits per heavy atom. The zero-order chi connectivity index (χ0) is 16.3. The van der Waals surface area contributed by atoms with Gasteiger partial charge in [-0.15, -0.1) is 0 Å². The number of carbonyl (C=O) groups is 2. The lowest BCUT2D eigenvalue weighted by Gasteiger charge is -2.22. The second kappa shape index (κ2) is 6.95. The predicted molar refractivity (Wildman–Crippen MR) is 88.9 cm³/mol. The van der Waals surface area contributed by atoms with Crippen molar-refractivity contribution in [3.05, 3.63) is 29.3 Å². The molecule has 1 aromatic carbocycles. The Labute approximate surface area is 132 Å². The Bertz CT molecular complexity index is 568. The number of hydrogen-bond acceptors (Lipinski definition) is 2. The Kier molecular flexibility index (Phi) is 5.22. The summed E-state index contributed by atoms with van der Waals surface area (Å²) in [4.78, 5) is 26.5. The summed E-state index contributed by atoms with van der Waals surface area (Å²) in [6.45, 7) is 8.63. The first-order valence-corrected chi connectivity index (χ1v) is 8.17. The molecule has 0 aliphatic carbocycles. The van der Waals surface area contributed by atoms with Crippen LogP contribution in [0.1, 0.15) is 44.7 Å². The van der Waals surface area contributed by atoms with Crippen LogP contribution in [-0.2, 0) is 16.0 Å². The molecule has 1 aromatic rings. The number of para-hydroxylation sites is 1. The quantitative estimate of drug-likeness (QED) is 0.909. The van der Waals surface area contributed by atoms with Crippen molar-refractivity contribution in [3.8, 4) is 0 Å². The van der Waals surface area contributed by atoms with E-state index in [1.165, 1.54) is 0 Å². The third-order valence-electron chi connectivity index (χ3n) is 4.47. The highest BCUT2D eigenvalue weighted by atomic mass is 16.2. The molecule has 2 atom stereocenters. The molecule has 0 spiro atoms. The van der Waals surface area contributed by atoms with Gasteiger partial charge in [0.1, 0.15) is 0 Å². The van der Waals surface area contributed by atoms with Crippen molar-refractivity contribution in [2.75, 3.05) is 11.4 Å². The predicted octanol–water partition coefficient (Wildman–Crippen LogP) is 2.83. The molecule has 0 saturated carbocycles. The third-order valence-corrected chi connectivity index (χ3v) is 4.47. The van der Waals surface area contributed by atoms with Gasteiger partial charge in [-0.2, -0.15) is 0 Å². The van der Waals surface area contributed by atoms with Crippen LogP contribution in [0.25, 0.3) is 0 Å². The molecule has 4 heteroatoms. The van der Waals surface area contributed by atoms with Crippen molar-refractivity contribution in [3.63, 3.8) is 0 Å². The average molecular weight is 302 g/mol. The minimum Gasteiger partial charge on any atom is -0.353 e. The minimum atomic E-state index is -0.245. The van der Waals surface area contributed by atoms with Crippen LogP contribution in [0.5, 0.6) is 0 Å². The van der Waals surface area contributed by atoms with Crippen molar-refractivity contribution in [1.82, 2.24) is 5.32 Å². The Morgan fingerprint density at radius 3 is 2.77 bits per heavy atom. The highest BCUT2D eigenvalue weighted by Gasteiger charge is 2.36. The van der Waals surface area contributed by atoms with Gasteiger partial charge in [0.15, 0.2) is 0 Å². The van der Waals surface area contributed by atoms with E-state index < -0.39 is 0 Å². The van der Waals surface area contributed by atoms with E-state index in [9.17, 15) is 9.59 Å². The lowest BCUT2D eigenvalue weighted by Crippen LogP contribution is -2.38. The number of nitrogens with zero attached hydrogens (tertiary/aromatic N) is 1. The maximum absolute atomic E-state index is 12.4. The molecule has 0 bridgehead atoms. The molecule has 1 saturated heterocycles. The van der Waals surface area contributed by atoms with Crippen LogP contribution in [0.4, 0.5) is 5.69 Å². The molecule has 2 amide bonds. The number of aryl methyl sites for hydroxylation is 2. The second-order valence-electron chi connectivity index (χ2n) is 6.16. The molecule has 2 rings (SSSR count). The number of anilines is 1. The van der Waals surface area contributed by atoms with Gasteiger partial charge in [0.2, 0.25) is 11.8 Å². The first-order chi connectivity index (χ1) is 10.5. The van der Waals surface area contributed by atoms with E-state index in [0.717, 1.165) is 29.7 Å². The molecule has 1 fully saturated rings. The number of rotatable bonds is 5. The topological polar surface area (TPSA) is 49.4 Å². The highest BCUT2D eigenvalue weighted by molar-refractivity contribution is 6.01. The van der Waals surface area contributed by atoms with Crippen LogP contribution >= 0.6 is 0 Å². The average Bonchev–Trinajstić information content (AvgIpc) is 2.88. The zero-order valence-corrected chi connectivity index (χ0v) is 14.0. The van der Waals surface area contributed by atoms with E-state index in [1.807, 2.05) is 32.9 Å². The van der Waals surface area contributed by atoms with Gasteiger partial charge < -0.3 is 10.2 Å². The van der Waals surface area contributed by atoms with Crippen LogP contribution in [0.15, 0.2) is 18.2 Å². The fourth-order valence-electron chi connectivity index (χ4n) is 2.95. The molecule has 1 aliphatic rings. The van der Waals surface area contributed by atoms with E-state index in [1.54, 1.807) is 4.90 Å². The Hall–Kier alpha value is -1.84. The van der Waals surface area contributed by atoms with Gasteiger partial charge in [-0.25, -0.2) is 0 Å². The van der Waals surface area contributed by atoms with Crippen molar-refractivity contribution in [1.29, 1.82) is 0 Å². The van der Waals surface area contributed by atoms with Crippen LogP contribution in [-0.4, -0.2) is 24.4 Å². The zero-order valence-electron chi connectivity index (χ0n) is 14.0. The third kappa shape index (κ3) is 3.32. The molecule has 22 heavy (non-hydrogen) atoms. The SMILES string of the molecule is CCc1cccc(C)c1N1CC(C(=O)NC(C)CC)CC1=O. The number of nitrogens with one attached hydrogen (secondary N) is 1. The van der Waals surface area contributed by atoms with E-state index in [-0.39, 0.29) is 23.8 Å². The molecule has 1 aliphatic heterocycles. The Morgan fingerprint density at radius 2 is 2.14 bits per heavy atom. The lowest BCUT2D eigenvalue weighted by atomic mass is 10.0. The van der Waals surface area contributed by atoms with Gasteiger partial charge in [0, 0.05) is 24.7 Å². The van der Waals surface area contributed by atoms with Crippen molar-refractivity contribution in [2.24, 2.45) is 5.92 Å². The molecule has 0 aromatic heterocycles. The first-order valence-electron chi connectivity index (χ1n) is 8.17. The normalized spacial score (nSPS) is 19.4. The summed E-state index contributed by atoms with van der Waals surface area (Å²) in [5.41, 5.74) is 3.25. The van der Waals surface area contributed by atoms with E-state index in [2.05, 4.69) is 18.3 Å². The molecule has 2 unspecified atom stereocenters. The summed E-state index contributed by atoms with van der Waals surface area (Å²) in [5.74, 6) is -0.198. The number of amides is 2. The van der Waals surface area contributed by atoms with Gasteiger partial charge in [0.25, 0.3) is 0 Å². The minimum absolute atomic E-state index is 0.00293. The fraction of sp³-hybridized carbons (Fsp3) is 0.556. The first kappa shape index (κ1) is 16.5. The van der Waals surface area contributed by atoms with Crippen molar-refractivity contribution >= 4 is 17.5 Å². The summed E-state index contributed by atoms with van der Waals surface area (Å²) in [7, 11) is 0. The molecule has 120 valence electrons. The molecule has 4 nitrogen and oxygen atoms in total. The maximum Gasteiger partial charge on any atom is 0.227 e. The van der Waals surface area contributed by atoms with Gasteiger partial charge >= 0.3 is 0 Å². The van der Waals surface area contributed by atoms with Crippen molar-refractivity contribution in [2.45, 2.75) is 53.0 Å². The van der Waals surface area contributed by atoms with Crippen LogP contribution in [0.3, 0.4) is 0 Å². The second-order valence-corrected chi connectivity index (χ2v) is 6.16. The van der Waals surface area contributed by atoms with Crippen LogP contribution in [0.2, 0.25) is 0 Å². The highest BCUT2D eigenvalue weighted by Crippen LogP contribution is 2.31.